The quantitative estimate of drug-likeness (QED) is 0.0261. The van der Waals surface area contributed by atoms with E-state index in [1.165, 1.54) is 283 Å². The monoisotopic (exact) mass is 1120 g/mol. The minimum Gasteiger partial charge on any atom is -0.394 e. The molecule has 1 heterocycles. The van der Waals surface area contributed by atoms with Gasteiger partial charge in [-0.2, -0.15) is 0 Å². The molecular formula is C70H133NO8. The van der Waals surface area contributed by atoms with E-state index in [1.54, 1.807) is 6.08 Å². The third-order valence-corrected chi connectivity index (χ3v) is 16.7. The average molecular weight is 1120 g/mol. The minimum atomic E-state index is -1.57. The van der Waals surface area contributed by atoms with Crippen LogP contribution in [0.5, 0.6) is 0 Å². The summed E-state index contributed by atoms with van der Waals surface area (Å²) >= 11 is 0. The van der Waals surface area contributed by atoms with Gasteiger partial charge in [0.15, 0.2) is 6.29 Å². The van der Waals surface area contributed by atoms with Gasteiger partial charge in [-0.1, -0.05) is 326 Å². The molecule has 0 spiro atoms. The zero-order valence-electron chi connectivity index (χ0n) is 52.2. The number of carbonyl (C=O) groups is 1. The van der Waals surface area contributed by atoms with Crippen LogP contribution in [-0.2, 0) is 14.3 Å². The molecule has 1 aliphatic rings. The van der Waals surface area contributed by atoms with Gasteiger partial charge in [0.2, 0.25) is 5.91 Å². The lowest BCUT2D eigenvalue weighted by atomic mass is 9.99. The second-order valence-corrected chi connectivity index (χ2v) is 24.3. The summed E-state index contributed by atoms with van der Waals surface area (Å²) in [6.07, 6.45) is 72.5. The topological polar surface area (TPSA) is 149 Å². The normalized spacial score (nSPS) is 18.7. The zero-order chi connectivity index (χ0) is 57.2. The van der Waals surface area contributed by atoms with Crippen LogP contribution in [0.3, 0.4) is 0 Å². The number of allylic oxidation sites excluding steroid dienone is 5. The smallest absolute Gasteiger partial charge is 0.220 e. The molecule has 1 rings (SSSR count). The van der Waals surface area contributed by atoms with Crippen LogP contribution in [0.25, 0.3) is 0 Å². The summed E-state index contributed by atoms with van der Waals surface area (Å²) in [5.74, 6) is -0.171. The summed E-state index contributed by atoms with van der Waals surface area (Å²) in [5, 5.41) is 54.7. The van der Waals surface area contributed by atoms with Crippen molar-refractivity contribution in [3.05, 3.63) is 36.5 Å². The zero-order valence-corrected chi connectivity index (χ0v) is 52.2. The van der Waals surface area contributed by atoms with Crippen LogP contribution in [0.15, 0.2) is 36.5 Å². The van der Waals surface area contributed by atoms with Crippen molar-refractivity contribution in [1.82, 2.24) is 5.32 Å². The molecule has 1 amide bonds. The van der Waals surface area contributed by atoms with Crippen molar-refractivity contribution in [3.63, 3.8) is 0 Å². The highest BCUT2D eigenvalue weighted by atomic mass is 16.7. The number of aliphatic hydroxyl groups is 5. The second kappa shape index (κ2) is 59.6. The van der Waals surface area contributed by atoms with Crippen LogP contribution in [0.1, 0.15) is 348 Å². The number of unbranched alkanes of at least 4 members (excludes halogenated alkanes) is 47. The molecule has 7 unspecified atom stereocenters. The highest BCUT2D eigenvalue weighted by Gasteiger charge is 2.44. The largest absolute Gasteiger partial charge is 0.394 e. The molecule has 6 N–H and O–H groups in total. The molecule has 1 fully saturated rings. The van der Waals surface area contributed by atoms with Crippen molar-refractivity contribution in [2.45, 2.75) is 391 Å². The van der Waals surface area contributed by atoms with E-state index in [0.29, 0.717) is 6.42 Å². The molecule has 0 aromatic carbocycles. The average Bonchev–Trinajstić information content (AvgIpc) is 3.47. The molecule has 0 aromatic rings. The van der Waals surface area contributed by atoms with Crippen molar-refractivity contribution in [3.8, 4) is 0 Å². The maximum absolute atomic E-state index is 13.1. The Labute approximate surface area is 489 Å². The standard InChI is InChI=1S/C70H133NO8/c1-3-5-7-9-11-13-15-17-19-21-23-25-26-27-28-29-30-31-32-33-34-35-36-37-38-40-42-44-46-48-50-52-54-56-58-60-66(74)71-63(62-78-70-69(77)68(76)67(75)65(61-72)79-70)64(73)59-57-55-53-51-49-47-45-43-41-39-24-22-20-18-16-14-12-10-8-6-4-2/h26-27,29-30,57,59,63-65,67-70,72-73,75-77H,3-25,28,31-56,58,60-62H2,1-2H3,(H,71,74)/b27-26-,30-29-,59-57+. The Morgan fingerprint density at radius 1 is 0.430 bits per heavy atom. The Morgan fingerprint density at radius 2 is 0.747 bits per heavy atom. The molecule has 0 bridgehead atoms. The number of rotatable bonds is 61. The first kappa shape index (κ1) is 75.4. The highest BCUT2D eigenvalue weighted by Crippen LogP contribution is 2.23. The predicted octanol–water partition coefficient (Wildman–Crippen LogP) is 18.6. The fourth-order valence-corrected chi connectivity index (χ4v) is 11.3. The van der Waals surface area contributed by atoms with E-state index >= 15 is 0 Å². The van der Waals surface area contributed by atoms with Crippen molar-refractivity contribution in [2.75, 3.05) is 13.2 Å². The second-order valence-electron chi connectivity index (χ2n) is 24.3. The van der Waals surface area contributed by atoms with Crippen LogP contribution >= 0.6 is 0 Å². The Kier molecular flexibility index (Phi) is 56.9. The van der Waals surface area contributed by atoms with Crippen molar-refractivity contribution >= 4 is 5.91 Å². The summed E-state index contributed by atoms with van der Waals surface area (Å²) < 4.78 is 11.3. The van der Waals surface area contributed by atoms with E-state index in [-0.39, 0.29) is 12.5 Å². The maximum Gasteiger partial charge on any atom is 0.220 e. The summed E-state index contributed by atoms with van der Waals surface area (Å²) in [4.78, 5) is 13.1. The van der Waals surface area contributed by atoms with Gasteiger partial charge in [-0.05, 0) is 51.4 Å². The number of hydrogen-bond acceptors (Lipinski definition) is 8. The first-order chi connectivity index (χ1) is 38.8. The minimum absolute atomic E-state index is 0.171. The first-order valence-corrected chi connectivity index (χ1v) is 34.7. The number of amides is 1. The Hall–Kier alpha value is -1.59. The molecule has 1 saturated heterocycles. The van der Waals surface area contributed by atoms with E-state index in [4.69, 9.17) is 9.47 Å². The van der Waals surface area contributed by atoms with Crippen LogP contribution in [0, 0.1) is 0 Å². The molecule has 79 heavy (non-hydrogen) atoms. The number of ether oxygens (including phenoxy) is 2. The lowest BCUT2D eigenvalue weighted by molar-refractivity contribution is -0.302. The molecule has 0 aliphatic carbocycles. The molecule has 0 aromatic heterocycles. The fraction of sp³-hybridized carbons (Fsp3) is 0.900. The molecule has 0 radical (unpaired) electrons. The van der Waals surface area contributed by atoms with Crippen molar-refractivity contribution in [2.24, 2.45) is 0 Å². The maximum atomic E-state index is 13.1. The summed E-state index contributed by atoms with van der Waals surface area (Å²) in [7, 11) is 0. The Morgan fingerprint density at radius 3 is 1.09 bits per heavy atom. The van der Waals surface area contributed by atoms with Gasteiger partial charge in [0, 0.05) is 6.42 Å². The van der Waals surface area contributed by atoms with E-state index in [2.05, 4.69) is 43.5 Å². The van der Waals surface area contributed by atoms with Gasteiger partial charge in [-0.25, -0.2) is 0 Å². The van der Waals surface area contributed by atoms with E-state index < -0.39 is 49.5 Å². The number of aliphatic hydroxyl groups excluding tert-OH is 5. The SMILES string of the molecule is CCCCCCCCCCCCC/C=C\C/C=C\CCCCCCCCCCCCCCCCCCCC(=O)NC(COC1OC(CO)C(O)C(O)C1O)C(O)/C=C/CCCCCCCCCCCCCCCCCCCCC. The Balaban J connectivity index is 2.10. The number of nitrogens with one attached hydrogen (secondary N) is 1. The lowest BCUT2D eigenvalue weighted by Gasteiger charge is -2.40. The third-order valence-electron chi connectivity index (χ3n) is 16.7. The van der Waals surface area contributed by atoms with Gasteiger partial charge < -0.3 is 40.3 Å². The predicted molar refractivity (Wildman–Crippen MR) is 337 cm³/mol. The molecule has 1 aliphatic heterocycles. The lowest BCUT2D eigenvalue weighted by Crippen LogP contribution is -2.60. The van der Waals surface area contributed by atoms with Crippen LogP contribution in [-0.4, -0.2) is 87.5 Å². The van der Waals surface area contributed by atoms with Crippen LogP contribution < -0.4 is 5.32 Å². The van der Waals surface area contributed by atoms with E-state index in [9.17, 15) is 30.3 Å². The van der Waals surface area contributed by atoms with Gasteiger partial charge in [-0.3, -0.25) is 4.79 Å². The first-order valence-electron chi connectivity index (χ1n) is 34.7. The number of carbonyl (C=O) groups excluding carboxylic acids is 1. The molecule has 7 atom stereocenters. The summed E-state index contributed by atoms with van der Waals surface area (Å²) in [6.45, 7) is 3.83. The molecule has 0 saturated carbocycles. The Bertz CT molecular complexity index is 1340. The van der Waals surface area contributed by atoms with Crippen molar-refractivity contribution < 1.29 is 39.8 Å². The molecule has 466 valence electrons. The van der Waals surface area contributed by atoms with Gasteiger partial charge in [0.1, 0.15) is 24.4 Å². The van der Waals surface area contributed by atoms with Crippen LogP contribution in [0.4, 0.5) is 0 Å². The summed E-state index contributed by atoms with van der Waals surface area (Å²) in [5.41, 5.74) is 0. The fourth-order valence-electron chi connectivity index (χ4n) is 11.3. The molecule has 9 nitrogen and oxygen atoms in total. The third kappa shape index (κ3) is 48.5. The van der Waals surface area contributed by atoms with Gasteiger partial charge in [-0.15, -0.1) is 0 Å². The van der Waals surface area contributed by atoms with Gasteiger partial charge >= 0.3 is 0 Å². The van der Waals surface area contributed by atoms with E-state index in [1.807, 2.05) is 6.08 Å². The highest BCUT2D eigenvalue weighted by molar-refractivity contribution is 5.76. The molecule has 9 heteroatoms. The summed E-state index contributed by atoms with van der Waals surface area (Å²) in [6, 6.07) is -0.805. The van der Waals surface area contributed by atoms with Crippen LogP contribution in [0.2, 0.25) is 0 Å². The van der Waals surface area contributed by atoms with Gasteiger partial charge in [0.05, 0.1) is 25.4 Å². The van der Waals surface area contributed by atoms with E-state index in [0.717, 1.165) is 44.9 Å². The van der Waals surface area contributed by atoms with Gasteiger partial charge in [0.25, 0.3) is 0 Å². The molecular weight excluding hydrogens is 983 g/mol. The number of hydrogen-bond donors (Lipinski definition) is 6. The van der Waals surface area contributed by atoms with Crippen molar-refractivity contribution in [1.29, 1.82) is 0 Å².